The molecule has 4 nitrogen and oxygen atoms in total. The smallest absolute Gasteiger partial charge is 0.251 e. The van der Waals surface area contributed by atoms with Gasteiger partial charge in [-0.25, -0.2) is 0 Å². The fraction of sp³-hybridized carbons (Fsp3) is 0.696. The Bertz CT molecular complexity index is 682. The van der Waals surface area contributed by atoms with Crippen LogP contribution in [0.3, 0.4) is 0 Å². The highest BCUT2D eigenvalue weighted by Crippen LogP contribution is 2.41. The van der Waals surface area contributed by atoms with Gasteiger partial charge >= 0.3 is 0 Å². The van der Waals surface area contributed by atoms with Crippen molar-refractivity contribution in [2.45, 2.75) is 44.7 Å². The fourth-order valence-corrected chi connectivity index (χ4v) is 6.25. The second-order valence-corrected chi connectivity index (χ2v) is 9.89. The number of fused-ring (bicyclic) bond motifs is 4. The average molecular weight is 402 g/mol. The molecule has 1 aromatic rings. The Morgan fingerprint density at radius 3 is 2.86 bits per heavy atom. The van der Waals surface area contributed by atoms with E-state index in [1.807, 2.05) is 43.0 Å². The molecule has 2 bridgehead atoms. The molecular formula is C23H35N3OS. The summed E-state index contributed by atoms with van der Waals surface area (Å²) in [6.07, 6.45) is 7.58. The number of nitrogens with zero attached hydrogens (tertiary/aromatic N) is 2. The van der Waals surface area contributed by atoms with Gasteiger partial charge in [-0.05, 0) is 62.5 Å². The van der Waals surface area contributed by atoms with Crippen molar-refractivity contribution < 1.29 is 4.79 Å². The number of thioether (sulfide) groups is 1. The maximum Gasteiger partial charge on any atom is 0.251 e. The molecular weight excluding hydrogens is 366 g/mol. The van der Waals surface area contributed by atoms with Crippen LogP contribution in [0.2, 0.25) is 0 Å². The molecule has 1 amide bonds. The molecule has 4 rings (SSSR count). The molecule has 3 aliphatic heterocycles. The Morgan fingerprint density at radius 1 is 1.21 bits per heavy atom. The van der Waals surface area contributed by atoms with Crippen molar-refractivity contribution in [2.24, 2.45) is 11.8 Å². The third-order valence-electron chi connectivity index (χ3n) is 7.17. The molecule has 0 radical (unpaired) electrons. The minimum Gasteiger partial charge on any atom is -0.350 e. The lowest BCUT2D eigenvalue weighted by Gasteiger charge is -2.57. The monoisotopic (exact) mass is 401 g/mol. The Hall–Kier alpha value is -1.04. The van der Waals surface area contributed by atoms with Crippen molar-refractivity contribution in [3.8, 4) is 0 Å². The summed E-state index contributed by atoms with van der Waals surface area (Å²) in [5.74, 6) is 2.82. The first-order chi connectivity index (χ1) is 13.7. The molecule has 154 valence electrons. The molecule has 0 saturated carbocycles. The predicted molar refractivity (Wildman–Crippen MR) is 118 cm³/mol. The minimum atomic E-state index is 0.0869. The van der Waals surface area contributed by atoms with E-state index in [-0.39, 0.29) is 5.91 Å². The lowest BCUT2D eigenvalue weighted by Crippen LogP contribution is -2.65. The van der Waals surface area contributed by atoms with Gasteiger partial charge in [0.15, 0.2) is 0 Å². The van der Waals surface area contributed by atoms with E-state index in [0.29, 0.717) is 12.0 Å². The van der Waals surface area contributed by atoms with Crippen LogP contribution in [0.15, 0.2) is 24.3 Å². The summed E-state index contributed by atoms with van der Waals surface area (Å²) in [6, 6.07) is 9.13. The van der Waals surface area contributed by atoms with Gasteiger partial charge in [0.2, 0.25) is 0 Å². The van der Waals surface area contributed by atoms with E-state index >= 15 is 0 Å². The SMILES string of the molecule is CSCCN1C[C@H]2C[C@@H](C1)[C@H](CNC(=O)c1ccccc1C)N1CCCC[C@@H]21. The zero-order valence-corrected chi connectivity index (χ0v) is 18.2. The van der Waals surface area contributed by atoms with Crippen LogP contribution in [0, 0.1) is 18.8 Å². The van der Waals surface area contributed by atoms with Crippen molar-refractivity contribution in [3.05, 3.63) is 35.4 Å². The number of nitrogens with one attached hydrogen (secondary N) is 1. The van der Waals surface area contributed by atoms with Crippen LogP contribution in [0.1, 0.15) is 41.6 Å². The van der Waals surface area contributed by atoms with Gasteiger partial charge < -0.3 is 10.2 Å². The second-order valence-electron chi connectivity index (χ2n) is 8.90. The molecule has 5 heteroatoms. The van der Waals surface area contributed by atoms with Gasteiger partial charge in [0.05, 0.1) is 0 Å². The molecule has 0 spiro atoms. The predicted octanol–water partition coefficient (Wildman–Crippen LogP) is 3.26. The first kappa shape index (κ1) is 20.2. The van der Waals surface area contributed by atoms with E-state index in [2.05, 4.69) is 21.4 Å². The highest BCUT2D eigenvalue weighted by atomic mass is 32.2. The van der Waals surface area contributed by atoms with Crippen LogP contribution in [0.5, 0.6) is 0 Å². The summed E-state index contributed by atoms with van der Waals surface area (Å²) in [5.41, 5.74) is 1.87. The summed E-state index contributed by atoms with van der Waals surface area (Å²) in [4.78, 5) is 18.3. The van der Waals surface area contributed by atoms with E-state index in [1.165, 1.54) is 57.6 Å². The van der Waals surface area contributed by atoms with Crippen molar-refractivity contribution in [1.29, 1.82) is 0 Å². The zero-order valence-electron chi connectivity index (χ0n) is 17.4. The Labute approximate surface area is 174 Å². The number of benzene rings is 1. The van der Waals surface area contributed by atoms with Crippen molar-refractivity contribution in [1.82, 2.24) is 15.1 Å². The standard InChI is InChI=1S/C23H35N3OS/c1-17-7-3-4-8-20(17)23(27)24-14-22-19-13-18(15-25(16-19)11-12-28-2)21-9-5-6-10-26(21)22/h3-4,7-8,18-19,21-22H,5-6,9-16H2,1-2H3,(H,24,27)/t18-,19+,21+,22+/m1/s1. The van der Waals surface area contributed by atoms with Gasteiger partial charge in [0.1, 0.15) is 0 Å². The number of aryl methyl sites for hydroxylation is 1. The van der Waals surface area contributed by atoms with Crippen LogP contribution >= 0.6 is 11.8 Å². The topological polar surface area (TPSA) is 35.6 Å². The van der Waals surface area contributed by atoms with E-state index < -0.39 is 0 Å². The number of hydrogen-bond acceptors (Lipinski definition) is 4. The Balaban J connectivity index is 1.46. The summed E-state index contributed by atoms with van der Waals surface area (Å²) in [7, 11) is 0. The van der Waals surface area contributed by atoms with Crippen LogP contribution in [0.25, 0.3) is 0 Å². The van der Waals surface area contributed by atoms with Gasteiger partial charge in [0.25, 0.3) is 5.91 Å². The van der Waals surface area contributed by atoms with Crippen molar-refractivity contribution >= 4 is 17.7 Å². The minimum absolute atomic E-state index is 0.0869. The number of likely N-dealkylation sites (tertiary alicyclic amines) is 1. The van der Waals surface area contributed by atoms with Gasteiger partial charge in [-0.1, -0.05) is 24.6 Å². The lowest BCUT2D eigenvalue weighted by molar-refractivity contribution is -0.0686. The summed E-state index contributed by atoms with van der Waals surface area (Å²) < 4.78 is 0. The molecule has 0 unspecified atom stereocenters. The molecule has 28 heavy (non-hydrogen) atoms. The molecule has 0 aromatic heterocycles. The van der Waals surface area contributed by atoms with Gasteiger partial charge in [-0.2, -0.15) is 11.8 Å². The second kappa shape index (κ2) is 9.19. The van der Waals surface area contributed by atoms with Gasteiger partial charge in [0, 0.05) is 49.6 Å². The first-order valence-electron chi connectivity index (χ1n) is 11.0. The van der Waals surface area contributed by atoms with Gasteiger partial charge in [-0.15, -0.1) is 0 Å². The van der Waals surface area contributed by atoms with Gasteiger partial charge in [-0.3, -0.25) is 9.69 Å². The first-order valence-corrected chi connectivity index (χ1v) is 12.4. The van der Waals surface area contributed by atoms with E-state index in [1.54, 1.807) is 0 Å². The number of piperidine rings is 3. The highest BCUT2D eigenvalue weighted by molar-refractivity contribution is 7.98. The van der Waals surface area contributed by atoms with Crippen LogP contribution in [-0.4, -0.2) is 72.5 Å². The normalized spacial score (nSPS) is 30.6. The highest BCUT2D eigenvalue weighted by Gasteiger charge is 2.46. The molecule has 3 saturated heterocycles. The molecule has 1 aromatic carbocycles. The largest absolute Gasteiger partial charge is 0.350 e. The Kier molecular flexibility index (Phi) is 6.64. The molecule has 4 atom stereocenters. The maximum absolute atomic E-state index is 12.8. The number of carbonyl (C=O) groups excluding carboxylic acids is 1. The molecule has 3 aliphatic rings. The number of amides is 1. The maximum atomic E-state index is 12.8. The van der Waals surface area contributed by atoms with Crippen molar-refractivity contribution in [2.75, 3.05) is 44.7 Å². The number of hydrogen-bond donors (Lipinski definition) is 1. The third-order valence-corrected chi connectivity index (χ3v) is 7.76. The summed E-state index contributed by atoms with van der Waals surface area (Å²) in [6.45, 7) is 7.71. The molecule has 3 fully saturated rings. The third kappa shape index (κ3) is 4.27. The number of carbonyl (C=O) groups is 1. The van der Waals surface area contributed by atoms with Crippen LogP contribution in [0.4, 0.5) is 0 Å². The molecule has 1 N–H and O–H groups in total. The number of rotatable bonds is 6. The summed E-state index contributed by atoms with van der Waals surface area (Å²) >= 11 is 1.95. The average Bonchev–Trinajstić information content (AvgIpc) is 2.72. The van der Waals surface area contributed by atoms with E-state index in [9.17, 15) is 4.79 Å². The molecule has 3 heterocycles. The zero-order chi connectivity index (χ0) is 19.5. The lowest BCUT2D eigenvalue weighted by atomic mass is 9.72. The van der Waals surface area contributed by atoms with Crippen LogP contribution < -0.4 is 5.32 Å². The van der Waals surface area contributed by atoms with E-state index in [0.717, 1.165) is 29.6 Å². The quantitative estimate of drug-likeness (QED) is 0.794. The fourth-order valence-electron chi connectivity index (χ4n) is 5.81. The van der Waals surface area contributed by atoms with Crippen molar-refractivity contribution in [3.63, 3.8) is 0 Å². The summed E-state index contributed by atoms with van der Waals surface area (Å²) in [5, 5.41) is 3.30. The van der Waals surface area contributed by atoms with Crippen LogP contribution in [-0.2, 0) is 0 Å². The van der Waals surface area contributed by atoms with E-state index in [4.69, 9.17) is 0 Å². The Morgan fingerprint density at radius 2 is 2.04 bits per heavy atom. The molecule has 0 aliphatic carbocycles.